The van der Waals surface area contributed by atoms with Crippen LogP contribution in [0.15, 0.2) is 36.5 Å². The van der Waals surface area contributed by atoms with E-state index >= 15 is 0 Å². The third kappa shape index (κ3) is 3.67. The van der Waals surface area contributed by atoms with Gasteiger partial charge in [-0.15, -0.1) is 0 Å². The predicted octanol–water partition coefficient (Wildman–Crippen LogP) is 4.59. The summed E-state index contributed by atoms with van der Waals surface area (Å²) in [5.74, 6) is 2.30. The van der Waals surface area contributed by atoms with Gasteiger partial charge >= 0.3 is 0 Å². The maximum atomic E-state index is 13.0. The Morgan fingerprint density at radius 1 is 1.03 bits per heavy atom. The number of aromatic hydroxyl groups is 1. The van der Waals surface area contributed by atoms with Gasteiger partial charge in [0, 0.05) is 48.6 Å². The summed E-state index contributed by atoms with van der Waals surface area (Å²) in [6.07, 6.45) is 8.23. The van der Waals surface area contributed by atoms with Crippen LogP contribution in [-0.4, -0.2) is 51.6 Å². The third-order valence-corrected chi connectivity index (χ3v) is 8.29. The SMILES string of the molecule is N#Cc1cc(-c2cccc3c(O)nccc23)c(C2CC2)nc1N1CCN(C(=O)C2CC2)C(C2CC2)C1. The molecule has 1 unspecified atom stereocenters. The quantitative estimate of drug-likeness (QED) is 0.575. The largest absolute Gasteiger partial charge is 0.493 e. The van der Waals surface area contributed by atoms with Crippen LogP contribution in [0.3, 0.4) is 0 Å². The van der Waals surface area contributed by atoms with Crippen LogP contribution in [-0.2, 0) is 4.79 Å². The third-order valence-electron chi connectivity index (χ3n) is 8.29. The Morgan fingerprint density at radius 2 is 1.86 bits per heavy atom. The van der Waals surface area contributed by atoms with Crippen LogP contribution in [0.25, 0.3) is 21.9 Å². The van der Waals surface area contributed by atoms with Gasteiger partial charge in [0.2, 0.25) is 11.8 Å². The monoisotopic (exact) mass is 479 g/mol. The molecule has 182 valence electrons. The van der Waals surface area contributed by atoms with Crippen LogP contribution >= 0.6 is 0 Å². The number of pyridine rings is 2. The number of carbonyl (C=O) groups is 1. The fraction of sp³-hybridized carbons (Fsp3) is 0.448. The molecule has 1 aromatic carbocycles. The second kappa shape index (κ2) is 8.19. The van der Waals surface area contributed by atoms with Crippen molar-refractivity contribution in [1.29, 1.82) is 5.26 Å². The van der Waals surface area contributed by atoms with Crippen molar-refractivity contribution in [2.24, 2.45) is 11.8 Å². The summed E-state index contributed by atoms with van der Waals surface area (Å²) in [6.45, 7) is 2.17. The Kier molecular flexibility index (Phi) is 4.92. The van der Waals surface area contributed by atoms with Gasteiger partial charge in [0.05, 0.1) is 17.3 Å². The summed E-state index contributed by atoms with van der Waals surface area (Å²) in [5, 5.41) is 22.1. The van der Waals surface area contributed by atoms with Crippen LogP contribution in [0.1, 0.15) is 55.7 Å². The number of anilines is 1. The second-order valence-electron chi connectivity index (χ2n) is 10.9. The molecule has 0 radical (unpaired) electrons. The van der Waals surface area contributed by atoms with Crippen LogP contribution in [0.2, 0.25) is 0 Å². The minimum Gasteiger partial charge on any atom is -0.493 e. The van der Waals surface area contributed by atoms with Crippen molar-refractivity contribution in [3.63, 3.8) is 0 Å². The average molecular weight is 480 g/mol. The average Bonchev–Trinajstić information content (AvgIpc) is 3.77. The van der Waals surface area contributed by atoms with E-state index in [1.165, 1.54) is 12.8 Å². The van der Waals surface area contributed by atoms with E-state index in [2.05, 4.69) is 20.9 Å². The van der Waals surface area contributed by atoms with Gasteiger partial charge in [-0.1, -0.05) is 12.1 Å². The smallest absolute Gasteiger partial charge is 0.226 e. The number of fused-ring (bicyclic) bond motifs is 1. The van der Waals surface area contributed by atoms with Crippen LogP contribution in [0.4, 0.5) is 5.82 Å². The molecule has 0 spiro atoms. The number of hydrogen-bond donors (Lipinski definition) is 1. The number of hydrogen-bond acceptors (Lipinski definition) is 6. The normalized spacial score (nSPS) is 22.0. The first-order valence-corrected chi connectivity index (χ1v) is 13.2. The highest BCUT2D eigenvalue weighted by Gasteiger charge is 2.45. The Bertz CT molecular complexity index is 1420. The number of carbonyl (C=O) groups excluding carboxylic acids is 1. The first kappa shape index (κ1) is 21.6. The zero-order chi connectivity index (χ0) is 24.4. The van der Waals surface area contributed by atoms with E-state index in [4.69, 9.17) is 4.98 Å². The van der Waals surface area contributed by atoms with Gasteiger partial charge in [-0.05, 0) is 73.6 Å². The van der Waals surface area contributed by atoms with Crippen LogP contribution in [0.5, 0.6) is 5.88 Å². The lowest BCUT2D eigenvalue weighted by Gasteiger charge is -2.43. The molecule has 3 heterocycles. The van der Waals surface area contributed by atoms with E-state index in [1.807, 2.05) is 30.3 Å². The summed E-state index contributed by atoms with van der Waals surface area (Å²) in [4.78, 5) is 26.6. The molecule has 3 saturated carbocycles. The maximum absolute atomic E-state index is 13.0. The van der Waals surface area contributed by atoms with Gasteiger partial charge in [0.15, 0.2) is 0 Å². The van der Waals surface area contributed by atoms with E-state index in [-0.39, 0.29) is 17.8 Å². The molecule has 0 bridgehead atoms. The molecule has 7 rings (SSSR count). The Morgan fingerprint density at radius 3 is 2.58 bits per heavy atom. The fourth-order valence-electron chi connectivity index (χ4n) is 5.88. The molecule has 2 aromatic heterocycles. The zero-order valence-corrected chi connectivity index (χ0v) is 20.2. The van der Waals surface area contributed by atoms with Crippen molar-refractivity contribution in [1.82, 2.24) is 14.9 Å². The Balaban J connectivity index is 1.29. The first-order valence-electron chi connectivity index (χ1n) is 13.2. The highest BCUT2D eigenvalue weighted by molar-refractivity contribution is 5.99. The molecule has 3 aromatic rings. The lowest BCUT2D eigenvalue weighted by atomic mass is 9.94. The highest BCUT2D eigenvalue weighted by Crippen LogP contribution is 2.47. The predicted molar refractivity (Wildman–Crippen MR) is 136 cm³/mol. The lowest BCUT2D eigenvalue weighted by molar-refractivity contribution is -0.135. The molecule has 4 fully saturated rings. The summed E-state index contributed by atoms with van der Waals surface area (Å²) in [5.41, 5.74) is 3.54. The molecule has 1 aliphatic heterocycles. The summed E-state index contributed by atoms with van der Waals surface area (Å²) in [6, 6.07) is 12.4. The molecular formula is C29H29N5O2. The van der Waals surface area contributed by atoms with E-state index < -0.39 is 0 Å². The molecule has 1 N–H and O–H groups in total. The summed E-state index contributed by atoms with van der Waals surface area (Å²) < 4.78 is 0. The maximum Gasteiger partial charge on any atom is 0.226 e. The standard InChI is InChI=1S/C29H29N5O2/c30-15-20-14-24(21-2-1-3-23-22(21)10-11-31-28(23)35)26(18-6-7-18)32-27(20)33-12-13-34(29(36)19-8-9-19)25(16-33)17-4-5-17/h1-3,10-11,14,17-19,25H,4-9,12-13,16H2,(H,31,35). The Labute approximate surface area is 210 Å². The Hall–Kier alpha value is -3.66. The number of rotatable bonds is 5. The zero-order valence-electron chi connectivity index (χ0n) is 20.2. The molecular weight excluding hydrogens is 450 g/mol. The number of benzene rings is 1. The van der Waals surface area contributed by atoms with Gasteiger partial charge in [0.1, 0.15) is 11.9 Å². The highest BCUT2D eigenvalue weighted by atomic mass is 16.3. The number of piperazine rings is 1. The van der Waals surface area contributed by atoms with Crippen molar-refractivity contribution in [2.45, 2.75) is 50.5 Å². The van der Waals surface area contributed by atoms with Crippen LogP contribution in [0, 0.1) is 23.2 Å². The molecule has 3 aliphatic carbocycles. The molecule has 7 nitrogen and oxygen atoms in total. The molecule has 1 atom stereocenters. The molecule has 36 heavy (non-hydrogen) atoms. The number of amides is 1. The number of nitriles is 1. The molecule has 7 heteroatoms. The van der Waals surface area contributed by atoms with E-state index in [0.29, 0.717) is 41.8 Å². The van der Waals surface area contributed by atoms with Crippen molar-refractivity contribution in [3.05, 3.63) is 47.8 Å². The first-order chi connectivity index (χ1) is 17.6. The summed E-state index contributed by atoms with van der Waals surface area (Å²) in [7, 11) is 0. The van der Waals surface area contributed by atoms with Crippen molar-refractivity contribution in [2.75, 3.05) is 24.5 Å². The topological polar surface area (TPSA) is 93.3 Å². The molecule has 1 amide bonds. The van der Waals surface area contributed by atoms with Crippen molar-refractivity contribution < 1.29 is 9.90 Å². The minimum absolute atomic E-state index is 0.0112. The van der Waals surface area contributed by atoms with Gasteiger partial charge in [0.25, 0.3) is 0 Å². The number of nitrogens with zero attached hydrogens (tertiary/aromatic N) is 5. The van der Waals surface area contributed by atoms with E-state index in [1.54, 1.807) is 6.20 Å². The summed E-state index contributed by atoms with van der Waals surface area (Å²) >= 11 is 0. The second-order valence-corrected chi connectivity index (χ2v) is 10.9. The van der Waals surface area contributed by atoms with E-state index in [0.717, 1.165) is 60.3 Å². The van der Waals surface area contributed by atoms with Crippen molar-refractivity contribution >= 4 is 22.5 Å². The van der Waals surface area contributed by atoms with Gasteiger partial charge in [-0.3, -0.25) is 4.79 Å². The van der Waals surface area contributed by atoms with E-state index in [9.17, 15) is 15.2 Å². The molecule has 4 aliphatic rings. The van der Waals surface area contributed by atoms with Crippen molar-refractivity contribution in [3.8, 4) is 23.1 Å². The van der Waals surface area contributed by atoms with Gasteiger partial charge in [-0.2, -0.15) is 5.26 Å². The molecule has 1 saturated heterocycles. The van der Waals surface area contributed by atoms with Crippen LogP contribution < -0.4 is 4.90 Å². The van der Waals surface area contributed by atoms with Gasteiger partial charge in [-0.25, -0.2) is 9.97 Å². The fourth-order valence-corrected chi connectivity index (χ4v) is 5.88. The van der Waals surface area contributed by atoms with Gasteiger partial charge < -0.3 is 14.9 Å². The lowest BCUT2D eigenvalue weighted by Crippen LogP contribution is -2.57. The number of aromatic nitrogens is 2. The minimum atomic E-state index is 0.0112.